The van der Waals surface area contributed by atoms with E-state index in [4.69, 9.17) is 30.1 Å². The zero-order chi connectivity index (χ0) is 35.2. The number of alkyl carbamates (subject to hydrolysis) is 1. The highest BCUT2D eigenvalue weighted by molar-refractivity contribution is 7.54. The molecule has 0 saturated heterocycles. The Morgan fingerprint density at radius 2 is 1.78 bits per heavy atom. The molecule has 4 amide bonds. The van der Waals surface area contributed by atoms with Crippen LogP contribution >= 0.6 is 19.2 Å². The Bertz CT molecular complexity index is 1430. The highest BCUT2D eigenvalue weighted by Gasteiger charge is 2.42. The minimum absolute atomic E-state index is 0.0289. The summed E-state index contributed by atoms with van der Waals surface area (Å²) in [5.41, 5.74) is 1.51. The van der Waals surface area contributed by atoms with Crippen LogP contribution in [0.4, 0.5) is 9.59 Å². The van der Waals surface area contributed by atoms with Crippen molar-refractivity contribution in [2.24, 2.45) is 5.92 Å². The number of urea groups is 1. The number of nitrogens with one attached hydrogen (secondary N) is 3. The summed E-state index contributed by atoms with van der Waals surface area (Å²) < 4.78 is 35.7. The van der Waals surface area contributed by atoms with Gasteiger partial charge in [-0.05, 0) is 49.9 Å². The van der Waals surface area contributed by atoms with Crippen LogP contribution in [0.15, 0.2) is 48.5 Å². The van der Waals surface area contributed by atoms with Crippen LogP contribution in [-0.4, -0.2) is 78.9 Å². The molecule has 1 unspecified atom stereocenters. The zero-order valence-corrected chi connectivity index (χ0v) is 29.8. The molecule has 49 heavy (non-hydrogen) atoms. The number of hydrogen-bond donors (Lipinski definition) is 4. The number of para-hydroxylation sites is 1. The number of fused-ring (bicyclic) bond motifs is 1. The summed E-state index contributed by atoms with van der Waals surface area (Å²) in [4.78, 5) is 41.8. The third-order valence-electron chi connectivity index (χ3n) is 8.50. The van der Waals surface area contributed by atoms with E-state index >= 15 is 0 Å². The van der Waals surface area contributed by atoms with Crippen molar-refractivity contribution in [2.45, 2.75) is 83.5 Å². The lowest BCUT2D eigenvalue weighted by atomic mass is 9.84. The summed E-state index contributed by atoms with van der Waals surface area (Å²) in [5, 5.41) is 20.1. The van der Waals surface area contributed by atoms with Crippen LogP contribution in [0.3, 0.4) is 0 Å². The van der Waals surface area contributed by atoms with Crippen LogP contribution in [0.25, 0.3) is 0 Å². The molecule has 0 spiro atoms. The third kappa shape index (κ3) is 11.6. The number of benzene rings is 2. The van der Waals surface area contributed by atoms with E-state index in [-0.39, 0.29) is 45.4 Å². The smallest absolute Gasteiger partial charge is 0.408 e. The van der Waals surface area contributed by atoms with Gasteiger partial charge in [0.25, 0.3) is 0 Å². The zero-order valence-electron chi connectivity index (χ0n) is 28.1. The van der Waals surface area contributed by atoms with E-state index in [2.05, 4.69) is 16.0 Å². The van der Waals surface area contributed by atoms with Gasteiger partial charge in [-0.15, -0.1) is 0 Å². The van der Waals surface area contributed by atoms with Crippen LogP contribution in [-0.2, 0) is 36.3 Å². The number of aliphatic hydroxyl groups excluding tert-OH is 1. The molecule has 13 nitrogen and oxygen atoms in total. The molecule has 2 aliphatic rings. The molecule has 1 heterocycles. The molecule has 0 aromatic heterocycles. The number of hydrogen-bond acceptors (Lipinski definition) is 9. The van der Waals surface area contributed by atoms with Gasteiger partial charge in [-0.1, -0.05) is 74.0 Å². The van der Waals surface area contributed by atoms with E-state index in [9.17, 15) is 24.1 Å². The van der Waals surface area contributed by atoms with E-state index in [0.717, 1.165) is 37.7 Å². The standard InChI is InChI=1S/C34H48ClN4O9P/c1-3-47-49(44,48-4-2)32(41)29(21-36-33(42)39-17-18-45-30-16-9-8-14-26(30)22-39)37-31(40)28(20-24-11-6-5-7-12-24)38-34(43)46-23-25-13-10-15-27(35)19-25/h8-10,13-16,19,24,28-29,32,41H,3-7,11-12,17-18,20-23H2,1-2H3,(H,36,42)(H,37,40)(H,38,43)/t28-,29-,32?/m0/s1. The average Bonchev–Trinajstić information content (AvgIpc) is 3.32. The van der Waals surface area contributed by atoms with Gasteiger partial charge in [0.15, 0.2) is 5.85 Å². The van der Waals surface area contributed by atoms with Gasteiger partial charge >= 0.3 is 19.7 Å². The first-order valence-corrected chi connectivity index (χ1v) is 18.9. The van der Waals surface area contributed by atoms with Crippen LogP contribution in [0, 0.1) is 5.92 Å². The fourth-order valence-corrected chi connectivity index (χ4v) is 7.97. The van der Waals surface area contributed by atoms with Gasteiger partial charge < -0.3 is 44.5 Å². The minimum Gasteiger partial charge on any atom is -0.491 e. The maximum Gasteiger partial charge on any atom is 0.408 e. The normalized spacial score (nSPS) is 17.0. The number of ether oxygens (including phenoxy) is 2. The number of carbonyl (C=O) groups excluding carboxylic acids is 3. The Kier molecular flexibility index (Phi) is 15.0. The predicted molar refractivity (Wildman–Crippen MR) is 184 cm³/mol. The summed E-state index contributed by atoms with van der Waals surface area (Å²) >= 11 is 6.05. The van der Waals surface area contributed by atoms with E-state index in [1.54, 1.807) is 43.0 Å². The van der Waals surface area contributed by atoms with Crippen molar-refractivity contribution in [1.29, 1.82) is 0 Å². The first-order valence-electron chi connectivity index (χ1n) is 16.9. The van der Waals surface area contributed by atoms with Crippen molar-refractivity contribution in [3.8, 4) is 5.75 Å². The summed E-state index contributed by atoms with van der Waals surface area (Å²) in [6.07, 6.45) is 4.46. The lowest BCUT2D eigenvalue weighted by molar-refractivity contribution is -0.124. The molecule has 4 rings (SSSR count). The number of carbonyl (C=O) groups is 3. The Morgan fingerprint density at radius 3 is 2.49 bits per heavy atom. The van der Waals surface area contributed by atoms with Crippen LogP contribution in [0.2, 0.25) is 5.02 Å². The number of nitrogens with zero attached hydrogens (tertiary/aromatic N) is 1. The highest BCUT2D eigenvalue weighted by atomic mass is 35.5. The fourth-order valence-electron chi connectivity index (χ4n) is 6.04. The first kappa shape index (κ1) is 38.5. The molecule has 270 valence electrons. The van der Waals surface area contributed by atoms with Gasteiger partial charge in [0.1, 0.15) is 25.0 Å². The Labute approximate surface area is 292 Å². The molecule has 1 aliphatic heterocycles. The quantitative estimate of drug-likeness (QED) is 0.172. The van der Waals surface area contributed by atoms with E-state index < -0.39 is 43.6 Å². The molecule has 1 fully saturated rings. The summed E-state index contributed by atoms with van der Waals surface area (Å²) in [7, 11) is -4.17. The Morgan fingerprint density at radius 1 is 1.04 bits per heavy atom. The van der Waals surface area contributed by atoms with Crippen molar-refractivity contribution in [2.75, 3.05) is 32.9 Å². The Hall–Kier alpha value is -3.35. The van der Waals surface area contributed by atoms with Crippen molar-refractivity contribution in [3.63, 3.8) is 0 Å². The largest absolute Gasteiger partial charge is 0.491 e. The van der Waals surface area contributed by atoms with Crippen LogP contribution in [0.5, 0.6) is 5.75 Å². The van der Waals surface area contributed by atoms with Crippen LogP contribution < -0.4 is 20.7 Å². The second-order valence-electron chi connectivity index (χ2n) is 12.1. The molecular weight excluding hydrogens is 675 g/mol. The summed E-state index contributed by atoms with van der Waals surface area (Å²) in [5.74, 6) is -1.61. The number of halogens is 1. The van der Waals surface area contributed by atoms with Gasteiger partial charge in [-0.3, -0.25) is 9.36 Å². The van der Waals surface area contributed by atoms with Gasteiger partial charge in [0.05, 0.1) is 32.3 Å². The SMILES string of the molecule is CCOP(=O)(OCC)C(O)[C@H](CNC(=O)N1CCOc2ccccc2C1)NC(=O)[C@H](CC1CCCCC1)NC(=O)OCc1cccc(Cl)c1. The lowest BCUT2D eigenvalue weighted by Gasteiger charge is -2.32. The number of amides is 4. The average molecular weight is 723 g/mol. The van der Waals surface area contributed by atoms with E-state index in [0.29, 0.717) is 29.3 Å². The second kappa shape index (κ2) is 19.2. The van der Waals surface area contributed by atoms with E-state index in [1.165, 1.54) is 0 Å². The molecule has 1 saturated carbocycles. The maximum atomic E-state index is 13.9. The van der Waals surface area contributed by atoms with Gasteiger partial charge in [-0.2, -0.15) is 0 Å². The number of aliphatic hydroxyl groups is 1. The van der Waals surface area contributed by atoms with E-state index in [1.807, 2.05) is 24.3 Å². The molecule has 0 radical (unpaired) electrons. The first-order chi connectivity index (χ1) is 23.6. The Balaban J connectivity index is 1.50. The lowest BCUT2D eigenvalue weighted by Crippen LogP contribution is -2.57. The van der Waals surface area contributed by atoms with Gasteiger partial charge in [0, 0.05) is 17.1 Å². The van der Waals surface area contributed by atoms with Gasteiger partial charge in [-0.25, -0.2) is 9.59 Å². The van der Waals surface area contributed by atoms with Crippen LogP contribution in [0.1, 0.15) is 63.5 Å². The third-order valence-corrected chi connectivity index (χ3v) is 11.0. The molecular formula is C34H48ClN4O9P. The molecule has 2 aromatic carbocycles. The minimum atomic E-state index is -4.17. The van der Waals surface area contributed by atoms with Gasteiger partial charge in [0.2, 0.25) is 5.91 Å². The fraction of sp³-hybridized carbons (Fsp3) is 0.559. The second-order valence-corrected chi connectivity index (χ2v) is 14.7. The van der Waals surface area contributed by atoms with Crippen molar-refractivity contribution in [3.05, 3.63) is 64.7 Å². The molecule has 0 bridgehead atoms. The maximum absolute atomic E-state index is 13.9. The molecule has 4 N–H and O–H groups in total. The summed E-state index contributed by atoms with van der Waals surface area (Å²) in [6, 6.07) is 11.5. The molecule has 1 aliphatic carbocycles. The van der Waals surface area contributed by atoms with Crippen molar-refractivity contribution >= 4 is 37.2 Å². The van der Waals surface area contributed by atoms with Crippen molar-refractivity contribution < 1.29 is 42.6 Å². The molecule has 2 aromatic rings. The summed E-state index contributed by atoms with van der Waals surface area (Å²) in [6.45, 7) is 3.62. The molecule has 3 atom stereocenters. The predicted octanol–water partition coefficient (Wildman–Crippen LogP) is 5.58. The highest BCUT2D eigenvalue weighted by Crippen LogP contribution is 2.53. The topological polar surface area (TPSA) is 165 Å². The van der Waals surface area contributed by atoms with Crippen molar-refractivity contribution in [1.82, 2.24) is 20.9 Å². The molecule has 15 heteroatoms. The number of rotatable bonds is 15. The monoisotopic (exact) mass is 722 g/mol.